The SMILES string of the molecule is CCOc1cncc(CNC2CC2)c1. The van der Waals surface area contributed by atoms with Crippen LogP contribution < -0.4 is 10.1 Å². The van der Waals surface area contributed by atoms with Crippen LogP contribution in [-0.4, -0.2) is 17.6 Å². The van der Waals surface area contributed by atoms with Crippen molar-refractivity contribution in [2.45, 2.75) is 32.4 Å². The van der Waals surface area contributed by atoms with Crippen molar-refractivity contribution in [2.75, 3.05) is 6.61 Å². The zero-order valence-electron chi connectivity index (χ0n) is 8.49. The van der Waals surface area contributed by atoms with Gasteiger partial charge in [0.05, 0.1) is 12.8 Å². The molecule has 14 heavy (non-hydrogen) atoms. The third-order valence-corrected chi connectivity index (χ3v) is 2.25. The minimum Gasteiger partial charge on any atom is -0.492 e. The number of rotatable bonds is 5. The highest BCUT2D eigenvalue weighted by molar-refractivity contribution is 5.23. The van der Waals surface area contributed by atoms with Crippen molar-refractivity contribution in [1.82, 2.24) is 10.3 Å². The van der Waals surface area contributed by atoms with Crippen molar-refractivity contribution < 1.29 is 4.74 Å². The zero-order valence-corrected chi connectivity index (χ0v) is 8.49. The summed E-state index contributed by atoms with van der Waals surface area (Å²) in [6.07, 6.45) is 6.28. The molecule has 0 radical (unpaired) electrons. The van der Waals surface area contributed by atoms with Gasteiger partial charge in [0, 0.05) is 18.8 Å². The van der Waals surface area contributed by atoms with Crippen molar-refractivity contribution >= 4 is 0 Å². The van der Waals surface area contributed by atoms with E-state index in [0.717, 1.165) is 18.3 Å². The van der Waals surface area contributed by atoms with Crippen LogP contribution in [0.3, 0.4) is 0 Å². The first-order valence-electron chi connectivity index (χ1n) is 5.18. The summed E-state index contributed by atoms with van der Waals surface area (Å²) >= 11 is 0. The standard InChI is InChI=1S/C11H16N2O/c1-2-14-11-5-9(6-12-8-11)7-13-10-3-4-10/h5-6,8,10,13H,2-4,7H2,1H3. The summed E-state index contributed by atoms with van der Waals surface area (Å²) in [5, 5.41) is 3.45. The van der Waals surface area contributed by atoms with Gasteiger partial charge in [0.15, 0.2) is 0 Å². The zero-order chi connectivity index (χ0) is 9.80. The van der Waals surface area contributed by atoms with Crippen LogP contribution >= 0.6 is 0 Å². The number of ether oxygens (including phenoxy) is 1. The molecule has 0 aromatic carbocycles. The fraction of sp³-hybridized carbons (Fsp3) is 0.545. The van der Waals surface area contributed by atoms with Crippen LogP contribution in [0.2, 0.25) is 0 Å². The molecule has 0 aliphatic heterocycles. The summed E-state index contributed by atoms with van der Waals surface area (Å²) in [4.78, 5) is 4.14. The summed E-state index contributed by atoms with van der Waals surface area (Å²) in [7, 11) is 0. The molecular formula is C11H16N2O. The monoisotopic (exact) mass is 192 g/mol. The summed E-state index contributed by atoms with van der Waals surface area (Å²) in [5.74, 6) is 0.864. The van der Waals surface area contributed by atoms with Gasteiger partial charge in [-0.05, 0) is 31.4 Å². The number of hydrogen-bond donors (Lipinski definition) is 1. The maximum atomic E-state index is 5.38. The molecule has 1 fully saturated rings. The number of nitrogens with one attached hydrogen (secondary N) is 1. The van der Waals surface area contributed by atoms with Crippen LogP contribution in [0.25, 0.3) is 0 Å². The summed E-state index contributed by atoms with van der Waals surface area (Å²) in [5.41, 5.74) is 1.20. The molecule has 0 bridgehead atoms. The van der Waals surface area contributed by atoms with Gasteiger partial charge in [-0.1, -0.05) is 0 Å². The van der Waals surface area contributed by atoms with Crippen LogP contribution in [0, 0.1) is 0 Å². The van der Waals surface area contributed by atoms with Gasteiger partial charge in [-0.2, -0.15) is 0 Å². The second-order valence-electron chi connectivity index (χ2n) is 3.62. The van der Waals surface area contributed by atoms with Gasteiger partial charge in [0.2, 0.25) is 0 Å². The average Bonchev–Trinajstić information content (AvgIpc) is 2.99. The second kappa shape index (κ2) is 4.42. The van der Waals surface area contributed by atoms with Crippen LogP contribution in [-0.2, 0) is 6.54 Å². The molecule has 2 rings (SSSR count). The summed E-state index contributed by atoms with van der Waals surface area (Å²) in [6, 6.07) is 2.79. The smallest absolute Gasteiger partial charge is 0.137 e. The summed E-state index contributed by atoms with van der Waals surface area (Å²) in [6.45, 7) is 3.58. The molecule has 1 N–H and O–H groups in total. The van der Waals surface area contributed by atoms with Gasteiger partial charge >= 0.3 is 0 Å². The van der Waals surface area contributed by atoms with Crippen molar-refractivity contribution in [3.8, 4) is 5.75 Å². The van der Waals surface area contributed by atoms with E-state index < -0.39 is 0 Å². The Balaban J connectivity index is 1.90. The van der Waals surface area contributed by atoms with Crippen molar-refractivity contribution in [3.63, 3.8) is 0 Å². The Morgan fingerprint density at radius 2 is 2.36 bits per heavy atom. The lowest BCUT2D eigenvalue weighted by Gasteiger charge is -2.05. The van der Waals surface area contributed by atoms with E-state index in [1.165, 1.54) is 18.4 Å². The Kier molecular flexibility index (Phi) is 2.99. The quantitative estimate of drug-likeness (QED) is 0.771. The lowest BCUT2D eigenvalue weighted by Crippen LogP contribution is -2.15. The van der Waals surface area contributed by atoms with Crippen molar-refractivity contribution in [1.29, 1.82) is 0 Å². The highest BCUT2D eigenvalue weighted by Crippen LogP contribution is 2.19. The number of hydrogen-bond acceptors (Lipinski definition) is 3. The largest absolute Gasteiger partial charge is 0.492 e. The molecule has 0 unspecified atom stereocenters. The first kappa shape index (κ1) is 9.46. The van der Waals surface area contributed by atoms with Crippen molar-refractivity contribution in [3.05, 3.63) is 24.0 Å². The van der Waals surface area contributed by atoms with E-state index in [2.05, 4.69) is 10.3 Å². The van der Waals surface area contributed by atoms with E-state index in [4.69, 9.17) is 4.74 Å². The Morgan fingerprint density at radius 1 is 1.50 bits per heavy atom. The average molecular weight is 192 g/mol. The third-order valence-electron chi connectivity index (χ3n) is 2.25. The van der Waals surface area contributed by atoms with E-state index in [-0.39, 0.29) is 0 Å². The molecule has 0 amide bonds. The van der Waals surface area contributed by atoms with E-state index in [1.54, 1.807) is 6.20 Å². The first-order chi connectivity index (χ1) is 6.88. The van der Waals surface area contributed by atoms with Crippen LogP contribution in [0.5, 0.6) is 5.75 Å². The minimum absolute atomic E-state index is 0.696. The maximum Gasteiger partial charge on any atom is 0.137 e. The molecule has 1 saturated carbocycles. The fourth-order valence-electron chi connectivity index (χ4n) is 1.36. The normalized spacial score (nSPS) is 15.5. The Labute approximate surface area is 84.5 Å². The number of pyridine rings is 1. The first-order valence-corrected chi connectivity index (χ1v) is 5.18. The predicted octanol–water partition coefficient (Wildman–Crippen LogP) is 1.73. The lowest BCUT2D eigenvalue weighted by molar-refractivity contribution is 0.338. The van der Waals surface area contributed by atoms with Gasteiger partial charge in [0.1, 0.15) is 5.75 Å². The van der Waals surface area contributed by atoms with Gasteiger partial charge in [-0.25, -0.2) is 0 Å². The molecule has 1 aliphatic rings. The number of nitrogens with zero attached hydrogens (tertiary/aromatic N) is 1. The van der Waals surface area contributed by atoms with E-state index in [1.807, 2.05) is 19.2 Å². The summed E-state index contributed by atoms with van der Waals surface area (Å²) < 4.78 is 5.38. The fourth-order valence-corrected chi connectivity index (χ4v) is 1.36. The second-order valence-corrected chi connectivity index (χ2v) is 3.62. The van der Waals surface area contributed by atoms with Gasteiger partial charge in [-0.3, -0.25) is 4.98 Å². The molecule has 0 spiro atoms. The lowest BCUT2D eigenvalue weighted by atomic mass is 10.3. The van der Waals surface area contributed by atoms with E-state index in [0.29, 0.717) is 6.61 Å². The third kappa shape index (κ3) is 2.70. The van der Waals surface area contributed by atoms with Gasteiger partial charge in [-0.15, -0.1) is 0 Å². The molecule has 1 aromatic heterocycles. The maximum absolute atomic E-state index is 5.38. The van der Waals surface area contributed by atoms with Crippen LogP contribution in [0.1, 0.15) is 25.3 Å². The van der Waals surface area contributed by atoms with Gasteiger partial charge < -0.3 is 10.1 Å². The highest BCUT2D eigenvalue weighted by Gasteiger charge is 2.19. The Morgan fingerprint density at radius 3 is 3.07 bits per heavy atom. The molecule has 1 aliphatic carbocycles. The van der Waals surface area contributed by atoms with Crippen LogP contribution in [0.15, 0.2) is 18.5 Å². The van der Waals surface area contributed by atoms with Crippen LogP contribution in [0.4, 0.5) is 0 Å². The predicted molar refractivity (Wildman–Crippen MR) is 55.3 cm³/mol. The topological polar surface area (TPSA) is 34.1 Å². The van der Waals surface area contributed by atoms with E-state index >= 15 is 0 Å². The molecule has 0 saturated heterocycles. The Hall–Kier alpha value is -1.09. The highest BCUT2D eigenvalue weighted by atomic mass is 16.5. The van der Waals surface area contributed by atoms with Crippen molar-refractivity contribution in [2.24, 2.45) is 0 Å². The molecule has 1 heterocycles. The molecule has 3 heteroatoms. The van der Waals surface area contributed by atoms with E-state index in [9.17, 15) is 0 Å². The molecule has 0 atom stereocenters. The molecule has 3 nitrogen and oxygen atoms in total. The minimum atomic E-state index is 0.696. The molecular weight excluding hydrogens is 176 g/mol. The molecule has 1 aromatic rings. The number of aromatic nitrogens is 1. The Bertz CT molecular complexity index is 297. The molecule has 76 valence electrons. The van der Waals surface area contributed by atoms with Gasteiger partial charge in [0.25, 0.3) is 0 Å².